The number of carbonyl (C=O) groups is 1. The molecule has 1 aromatic carbocycles. The topological polar surface area (TPSA) is 86.5 Å². The Morgan fingerprint density at radius 2 is 2.04 bits per heavy atom. The number of aromatic nitrogens is 2. The van der Waals surface area contributed by atoms with Crippen LogP contribution in [-0.4, -0.2) is 30.3 Å². The summed E-state index contributed by atoms with van der Waals surface area (Å²) in [4.78, 5) is 16.6. The normalized spacial score (nSPS) is 10.5. The molecule has 0 saturated carbocycles. The second-order valence-corrected chi connectivity index (χ2v) is 6.12. The van der Waals surface area contributed by atoms with Gasteiger partial charge >= 0.3 is 0 Å². The van der Waals surface area contributed by atoms with Crippen LogP contribution in [0.25, 0.3) is 10.6 Å². The van der Waals surface area contributed by atoms with Gasteiger partial charge in [-0.2, -0.15) is 0 Å². The molecule has 130 valence electrons. The van der Waals surface area contributed by atoms with Crippen molar-refractivity contribution >= 4 is 23.1 Å². The average molecular weight is 359 g/mol. The summed E-state index contributed by atoms with van der Waals surface area (Å²) in [6.45, 7) is 1.76. The smallest absolute Gasteiger partial charge is 0.231 e. The van der Waals surface area contributed by atoms with E-state index in [4.69, 9.17) is 14.0 Å². The van der Waals surface area contributed by atoms with Crippen molar-refractivity contribution in [3.63, 3.8) is 0 Å². The summed E-state index contributed by atoms with van der Waals surface area (Å²) in [5, 5.41) is 9.08. The minimum absolute atomic E-state index is 0.162. The van der Waals surface area contributed by atoms with Gasteiger partial charge in [-0.3, -0.25) is 4.79 Å². The molecule has 0 fully saturated rings. The Kier molecular flexibility index (Phi) is 4.99. The highest BCUT2D eigenvalue weighted by Crippen LogP contribution is 2.33. The summed E-state index contributed by atoms with van der Waals surface area (Å²) in [5.41, 5.74) is 1.59. The van der Waals surface area contributed by atoms with Gasteiger partial charge in [0.2, 0.25) is 5.91 Å². The molecule has 0 aliphatic rings. The van der Waals surface area contributed by atoms with E-state index in [-0.39, 0.29) is 12.3 Å². The number of ether oxygens (including phenoxy) is 2. The Bertz CT molecular complexity index is 888. The van der Waals surface area contributed by atoms with Crippen molar-refractivity contribution in [2.24, 2.45) is 0 Å². The third kappa shape index (κ3) is 3.97. The van der Waals surface area contributed by atoms with Crippen molar-refractivity contribution in [2.75, 3.05) is 19.5 Å². The van der Waals surface area contributed by atoms with E-state index in [0.717, 1.165) is 10.6 Å². The Morgan fingerprint density at radius 3 is 2.72 bits per heavy atom. The lowest BCUT2D eigenvalue weighted by molar-refractivity contribution is -0.115. The Balaban J connectivity index is 1.70. The zero-order chi connectivity index (χ0) is 17.8. The maximum atomic E-state index is 12.1. The molecule has 8 heteroatoms. The highest BCUT2D eigenvalue weighted by atomic mass is 32.1. The number of carbonyl (C=O) groups excluding carboxylic acids is 1. The van der Waals surface area contributed by atoms with Crippen LogP contribution in [0.2, 0.25) is 0 Å². The third-order valence-corrected chi connectivity index (χ3v) is 4.36. The molecule has 0 bridgehead atoms. The van der Waals surface area contributed by atoms with Gasteiger partial charge in [0.05, 0.1) is 26.3 Å². The highest BCUT2D eigenvalue weighted by Gasteiger charge is 2.13. The summed E-state index contributed by atoms with van der Waals surface area (Å²) in [6.07, 6.45) is 0.162. The monoisotopic (exact) mass is 359 g/mol. The number of anilines is 1. The van der Waals surface area contributed by atoms with Crippen LogP contribution < -0.4 is 14.8 Å². The Hall–Kier alpha value is -2.87. The molecular weight excluding hydrogens is 342 g/mol. The Morgan fingerprint density at radius 1 is 1.24 bits per heavy atom. The molecule has 3 aromatic rings. The van der Waals surface area contributed by atoms with Gasteiger partial charge in [0.25, 0.3) is 0 Å². The molecule has 2 aromatic heterocycles. The second-order valence-electron chi connectivity index (χ2n) is 5.26. The maximum Gasteiger partial charge on any atom is 0.231 e. The van der Waals surface area contributed by atoms with E-state index in [9.17, 15) is 4.79 Å². The van der Waals surface area contributed by atoms with Crippen LogP contribution in [0.15, 0.2) is 34.2 Å². The number of methoxy groups -OCH3 is 2. The SMILES string of the molecule is COc1ccc(-c2nc(CC(=O)Nc3cc(C)on3)cs2)cc1OC. The van der Waals surface area contributed by atoms with Gasteiger partial charge in [-0.25, -0.2) is 4.98 Å². The molecule has 7 nitrogen and oxygen atoms in total. The molecule has 1 amide bonds. The quantitative estimate of drug-likeness (QED) is 0.727. The summed E-state index contributed by atoms with van der Waals surface area (Å²) in [6, 6.07) is 7.25. The van der Waals surface area contributed by atoms with Gasteiger partial charge < -0.3 is 19.3 Å². The number of rotatable bonds is 6. The molecular formula is C17H17N3O4S. The van der Waals surface area contributed by atoms with Crippen molar-refractivity contribution < 1.29 is 18.8 Å². The molecule has 0 aliphatic carbocycles. The fourth-order valence-corrected chi connectivity index (χ4v) is 3.08. The second kappa shape index (κ2) is 7.35. The van der Waals surface area contributed by atoms with Crippen molar-refractivity contribution in [3.8, 4) is 22.1 Å². The van der Waals surface area contributed by atoms with E-state index < -0.39 is 0 Å². The number of amides is 1. The van der Waals surface area contributed by atoms with Crippen LogP contribution in [-0.2, 0) is 11.2 Å². The summed E-state index contributed by atoms with van der Waals surface area (Å²) in [5.74, 6) is 2.14. The van der Waals surface area contributed by atoms with E-state index in [1.165, 1.54) is 11.3 Å². The highest BCUT2D eigenvalue weighted by molar-refractivity contribution is 7.13. The minimum Gasteiger partial charge on any atom is -0.493 e. The van der Waals surface area contributed by atoms with Gasteiger partial charge in [-0.05, 0) is 25.1 Å². The van der Waals surface area contributed by atoms with Crippen molar-refractivity contribution in [2.45, 2.75) is 13.3 Å². The van der Waals surface area contributed by atoms with Crippen LogP contribution in [0.1, 0.15) is 11.5 Å². The van der Waals surface area contributed by atoms with Crippen LogP contribution in [0.4, 0.5) is 5.82 Å². The lowest BCUT2D eigenvalue weighted by Crippen LogP contribution is -2.14. The van der Waals surface area contributed by atoms with E-state index in [2.05, 4.69) is 15.5 Å². The predicted octanol–water partition coefficient (Wildman–Crippen LogP) is 3.30. The number of thiazole rings is 1. The summed E-state index contributed by atoms with van der Waals surface area (Å²) >= 11 is 1.47. The fraction of sp³-hybridized carbons (Fsp3) is 0.235. The molecule has 0 spiro atoms. The summed E-state index contributed by atoms with van der Waals surface area (Å²) in [7, 11) is 3.18. The molecule has 1 N–H and O–H groups in total. The average Bonchev–Trinajstić information content (AvgIpc) is 3.23. The van der Waals surface area contributed by atoms with Gasteiger partial charge in [-0.15, -0.1) is 11.3 Å². The lowest BCUT2D eigenvalue weighted by Gasteiger charge is -2.08. The molecule has 0 atom stereocenters. The van der Waals surface area contributed by atoms with E-state index >= 15 is 0 Å². The number of hydrogen-bond acceptors (Lipinski definition) is 7. The van der Waals surface area contributed by atoms with Crippen LogP contribution in [0.5, 0.6) is 11.5 Å². The Labute approximate surface area is 148 Å². The van der Waals surface area contributed by atoms with Crippen LogP contribution >= 0.6 is 11.3 Å². The first kappa shape index (κ1) is 17.0. The largest absolute Gasteiger partial charge is 0.493 e. The summed E-state index contributed by atoms with van der Waals surface area (Å²) < 4.78 is 15.5. The maximum absolute atomic E-state index is 12.1. The van der Waals surface area contributed by atoms with Crippen LogP contribution in [0.3, 0.4) is 0 Å². The lowest BCUT2D eigenvalue weighted by atomic mass is 10.2. The first-order valence-corrected chi connectivity index (χ1v) is 8.37. The molecule has 0 aliphatic heterocycles. The fourth-order valence-electron chi connectivity index (χ4n) is 2.27. The zero-order valence-electron chi connectivity index (χ0n) is 14.0. The van der Waals surface area contributed by atoms with Gasteiger partial charge in [0, 0.05) is 17.0 Å². The number of aryl methyl sites for hydroxylation is 1. The minimum atomic E-state index is -0.197. The van der Waals surface area contributed by atoms with E-state index in [1.54, 1.807) is 27.2 Å². The molecule has 0 radical (unpaired) electrons. The van der Waals surface area contributed by atoms with Gasteiger partial charge in [-0.1, -0.05) is 5.16 Å². The van der Waals surface area contributed by atoms with Crippen LogP contribution in [0, 0.1) is 6.92 Å². The first-order chi connectivity index (χ1) is 12.1. The number of benzene rings is 1. The zero-order valence-corrected chi connectivity index (χ0v) is 14.8. The van der Waals surface area contributed by atoms with Crippen molar-refractivity contribution in [3.05, 3.63) is 41.1 Å². The predicted molar refractivity (Wildman–Crippen MR) is 94.2 cm³/mol. The van der Waals surface area contributed by atoms with Crippen molar-refractivity contribution in [1.29, 1.82) is 0 Å². The van der Waals surface area contributed by atoms with Gasteiger partial charge in [0.15, 0.2) is 17.3 Å². The molecule has 2 heterocycles. The molecule has 0 unspecified atom stereocenters. The number of nitrogens with zero attached hydrogens (tertiary/aromatic N) is 2. The van der Waals surface area contributed by atoms with Crippen molar-refractivity contribution in [1.82, 2.24) is 10.1 Å². The van der Waals surface area contributed by atoms with E-state index in [0.29, 0.717) is 28.8 Å². The number of hydrogen-bond donors (Lipinski definition) is 1. The first-order valence-electron chi connectivity index (χ1n) is 7.49. The molecule has 3 rings (SSSR count). The standard InChI is InChI=1S/C17H17N3O4S/c1-10-6-15(20-24-10)19-16(21)8-12-9-25-17(18-12)11-4-5-13(22-2)14(7-11)23-3/h4-7,9H,8H2,1-3H3,(H,19,20,21). The molecule has 25 heavy (non-hydrogen) atoms. The number of nitrogens with one attached hydrogen (secondary N) is 1. The van der Waals surface area contributed by atoms with Gasteiger partial charge in [0.1, 0.15) is 10.8 Å². The third-order valence-electron chi connectivity index (χ3n) is 3.42. The molecule has 0 saturated heterocycles. The van der Waals surface area contributed by atoms with E-state index in [1.807, 2.05) is 23.6 Å².